The molecule has 0 aliphatic rings. The Labute approximate surface area is 82.7 Å². The Hall–Kier alpha value is -1.23. The first-order valence-corrected chi connectivity index (χ1v) is 4.39. The normalized spacial score (nSPS) is 12.2. The maximum atomic E-state index is 8.80. The molecule has 76 valence electrons. The molecule has 0 spiro atoms. The van der Waals surface area contributed by atoms with Crippen molar-refractivity contribution in [2.75, 3.05) is 0 Å². The molecule has 1 aromatic heterocycles. The van der Waals surface area contributed by atoms with Crippen molar-refractivity contribution in [1.82, 2.24) is 4.98 Å². The Morgan fingerprint density at radius 1 is 1.43 bits per heavy atom. The Bertz CT molecular complexity index is 291. The molecule has 1 rings (SSSR count). The van der Waals surface area contributed by atoms with Crippen LogP contribution in [-0.4, -0.2) is 21.1 Å². The van der Waals surface area contributed by atoms with E-state index in [4.69, 9.17) is 15.9 Å². The zero-order valence-electron chi connectivity index (χ0n) is 7.80. The van der Waals surface area contributed by atoms with Crippen molar-refractivity contribution in [1.29, 1.82) is 0 Å². The van der Waals surface area contributed by atoms with Gasteiger partial charge in [-0.05, 0) is 24.6 Å². The number of aliphatic hydroxyl groups is 2. The van der Waals surface area contributed by atoms with Crippen LogP contribution in [-0.2, 0) is 0 Å². The van der Waals surface area contributed by atoms with Crippen LogP contribution >= 0.6 is 0 Å². The average Bonchev–Trinajstić information content (AvgIpc) is 2.13. The first kappa shape index (κ1) is 10.8. The van der Waals surface area contributed by atoms with Crippen molar-refractivity contribution in [3.63, 3.8) is 0 Å². The van der Waals surface area contributed by atoms with E-state index in [-0.39, 0.29) is 6.42 Å². The summed E-state index contributed by atoms with van der Waals surface area (Å²) in [6, 6.07) is 5.59. The van der Waals surface area contributed by atoms with Gasteiger partial charge in [0.1, 0.15) is 0 Å². The lowest BCUT2D eigenvalue weighted by atomic mass is 10.2. The standard InChI is InChI=1S/C10H14N2O2/c11-10(13,14)7-3-1-5-9-6-2-4-8-12-9/h1-2,4-6,8,13-14H,3,7,11H2. The second kappa shape index (κ2) is 4.85. The Kier molecular flexibility index (Phi) is 3.76. The first-order valence-electron chi connectivity index (χ1n) is 4.39. The molecule has 0 saturated heterocycles. The summed E-state index contributed by atoms with van der Waals surface area (Å²) in [6.45, 7) is 0. The van der Waals surface area contributed by atoms with Crippen LogP contribution in [0.5, 0.6) is 0 Å². The summed E-state index contributed by atoms with van der Waals surface area (Å²) in [5, 5.41) is 17.6. The van der Waals surface area contributed by atoms with E-state index in [0.717, 1.165) is 5.69 Å². The molecule has 0 aliphatic carbocycles. The number of hydrogen-bond acceptors (Lipinski definition) is 4. The lowest BCUT2D eigenvalue weighted by Gasteiger charge is -2.12. The van der Waals surface area contributed by atoms with Gasteiger partial charge in [0, 0.05) is 12.6 Å². The van der Waals surface area contributed by atoms with Gasteiger partial charge in [-0.2, -0.15) is 0 Å². The minimum Gasteiger partial charge on any atom is -0.354 e. The lowest BCUT2D eigenvalue weighted by molar-refractivity contribution is -0.159. The van der Waals surface area contributed by atoms with E-state index < -0.39 is 5.91 Å². The molecule has 0 bridgehead atoms. The molecule has 0 atom stereocenters. The number of nitrogens with zero attached hydrogens (tertiary/aromatic N) is 1. The highest BCUT2D eigenvalue weighted by Crippen LogP contribution is 2.04. The summed E-state index contributed by atoms with van der Waals surface area (Å²) < 4.78 is 0. The highest BCUT2D eigenvalue weighted by atomic mass is 16.5. The van der Waals surface area contributed by atoms with Crippen LogP contribution in [0.1, 0.15) is 18.5 Å². The molecule has 0 aliphatic heterocycles. The summed E-state index contributed by atoms with van der Waals surface area (Å²) in [4.78, 5) is 4.07. The molecule has 14 heavy (non-hydrogen) atoms. The van der Waals surface area contributed by atoms with Crippen LogP contribution in [0.3, 0.4) is 0 Å². The predicted octanol–water partition coefficient (Wildman–Crippen LogP) is 0.472. The molecule has 0 radical (unpaired) electrons. The van der Waals surface area contributed by atoms with Crippen LogP contribution in [0.4, 0.5) is 0 Å². The van der Waals surface area contributed by atoms with Crippen molar-refractivity contribution in [3.8, 4) is 0 Å². The molecule has 0 unspecified atom stereocenters. The number of rotatable bonds is 4. The van der Waals surface area contributed by atoms with Gasteiger partial charge < -0.3 is 10.2 Å². The molecule has 1 heterocycles. The SMILES string of the molecule is NC(O)(O)CCC=Cc1ccccn1. The minimum atomic E-state index is -2.07. The zero-order chi connectivity index (χ0) is 10.4. The van der Waals surface area contributed by atoms with E-state index >= 15 is 0 Å². The Morgan fingerprint density at radius 3 is 2.79 bits per heavy atom. The maximum Gasteiger partial charge on any atom is 0.220 e. The summed E-state index contributed by atoms with van der Waals surface area (Å²) in [5.41, 5.74) is 5.82. The molecule has 0 amide bonds. The van der Waals surface area contributed by atoms with Crippen LogP contribution in [0.2, 0.25) is 0 Å². The van der Waals surface area contributed by atoms with Gasteiger partial charge in [-0.3, -0.25) is 10.7 Å². The van der Waals surface area contributed by atoms with E-state index in [1.54, 1.807) is 12.3 Å². The molecule has 0 saturated carbocycles. The molecule has 4 nitrogen and oxygen atoms in total. The average molecular weight is 194 g/mol. The van der Waals surface area contributed by atoms with Gasteiger partial charge in [0.2, 0.25) is 5.91 Å². The van der Waals surface area contributed by atoms with Crippen LogP contribution in [0, 0.1) is 0 Å². The summed E-state index contributed by atoms with van der Waals surface area (Å²) in [6.07, 6.45) is 5.92. The summed E-state index contributed by atoms with van der Waals surface area (Å²) in [5.74, 6) is -2.07. The van der Waals surface area contributed by atoms with Gasteiger partial charge >= 0.3 is 0 Å². The third-order valence-electron chi connectivity index (χ3n) is 1.66. The molecular formula is C10H14N2O2. The third-order valence-corrected chi connectivity index (χ3v) is 1.66. The minimum absolute atomic E-state index is 0.107. The number of aromatic nitrogens is 1. The fraction of sp³-hybridized carbons (Fsp3) is 0.300. The largest absolute Gasteiger partial charge is 0.354 e. The number of pyridine rings is 1. The monoisotopic (exact) mass is 194 g/mol. The zero-order valence-corrected chi connectivity index (χ0v) is 7.80. The first-order chi connectivity index (χ1) is 6.58. The summed E-state index contributed by atoms with van der Waals surface area (Å²) in [7, 11) is 0. The van der Waals surface area contributed by atoms with Crippen molar-refractivity contribution in [3.05, 3.63) is 36.2 Å². The molecule has 4 N–H and O–H groups in total. The molecule has 0 fully saturated rings. The van der Waals surface area contributed by atoms with Gasteiger partial charge in [0.25, 0.3) is 0 Å². The van der Waals surface area contributed by atoms with Gasteiger partial charge in [-0.25, -0.2) is 0 Å². The van der Waals surface area contributed by atoms with Crippen molar-refractivity contribution in [2.24, 2.45) is 5.73 Å². The van der Waals surface area contributed by atoms with Crippen molar-refractivity contribution < 1.29 is 10.2 Å². The molecular weight excluding hydrogens is 180 g/mol. The van der Waals surface area contributed by atoms with Gasteiger partial charge in [-0.15, -0.1) is 0 Å². The van der Waals surface area contributed by atoms with Gasteiger partial charge in [-0.1, -0.05) is 12.1 Å². The van der Waals surface area contributed by atoms with Crippen LogP contribution < -0.4 is 5.73 Å². The molecule has 0 aromatic carbocycles. The smallest absolute Gasteiger partial charge is 0.220 e. The Morgan fingerprint density at radius 2 is 2.21 bits per heavy atom. The van der Waals surface area contributed by atoms with E-state index in [1.165, 1.54) is 0 Å². The second-order valence-corrected chi connectivity index (χ2v) is 3.07. The molecule has 4 heteroatoms. The lowest BCUT2D eigenvalue weighted by Crippen LogP contribution is -2.38. The fourth-order valence-corrected chi connectivity index (χ4v) is 0.974. The van der Waals surface area contributed by atoms with Crippen LogP contribution in [0.25, 0.3) is 6.08 Å². The predicted molar refractivity (Wildman–Crippen MR) is 53.9 cm³/mol. The van der Waals surface area contributed by atoms with Gasteiger partial charge in [0.05, 0.1) is 5.69 Å². The van der Waals surface area contributed by atoms with Gasteiger partial charge in [0.15, 0.2) is 0 Å². The molecule has 1 aromatic rings. The number of allylic oxidation sites excluding steroid dienone is 1. The van der Waals surface area contributed by atoms with E-state index in [1.807, 2.05) is 24.3 Å². The quantitative estimate of drug-likeness (QED) is 0.609. The summed E-state index contributed by atoms with van der Waals surface area (Å²) >= 11 is 0. The highest BCUT2D eigenvalue weighted by molar-refractivity contribution is 5.43. The highest BCUT2D eigenvalue weighted by Gasteiger charge is 2.12. The topological polar surface area (TPSA) is 79.4 Å². The maximum absolute atomic E-state index is 8.80. The van der Waals surface area contributed by atoms with Crippen molar-refractivity contribution in [2.45, 2.75) is 18.8 Å². The van der Waals surface area contributed by atoms with E-state index in [0.29, 0.717) is 6.42 Å². The second-order valence-electron chi connectivity index (χ2n) is 3.07. The number of nitrogens with two attached hydrogens (primary N) is 1. The van der Waals surface area contributed by atoms with E-state index in [9.17, 15) is 0 Å². The Balaban J connectivity index is 2.35. The van der Waals surface area contributed by atoms with Crippen LogP contribution in [0.15, 0.2) is 30.5 Å². The van der Waals surface area contributed by atoms with Crippen molar-refractivity contribution >= 4 is 6.08 Å². The van der Waals surface area contributed by atoms with E-state index in [2.05, 4.69) is 4.98 Å². The fourth-order valence-electron chi connectivity index (χ4n) is 0.974. The number of hydrogen-bond donors (Lipinski definition) is 3. The third kappa shape index (κ3) is 4.71.